The number of carbonyl (C=O) groups is 1. The molecule has 0 spiro atoms. The lowest BCUT2D eigenvalue weighted by Crippen LogP contribution is -2.16. The van der Waals surface area contributed by atoms with Gasteiger partial charge in [-0.3, -0.25) is 4.79 Å². The van der Waals surface area contributed by atoms with Gasteiger partial charge in [-0.2, -0.15) is 0 Å². The van der Waals surface area contributed by atoms with Crippen molar-refractivity contribution in [3.8, 4) is 0 Å². The lowest BCUT2D eigenvalue weighted by atomic mass is 10.1. The first-order valence-corrected chi connectivity index (χ1v) is 7.63. The largest absolute Gasteiger partial charge is 0.323 e. The zero-order valence-electron chi connectivity index (χ0n) is 11.4. The summed E-state index contributed by atoms with van der Waals surface area (Å²) in [6, 6.07) is 3.39. The van der Waals surface area contributed by atoms with Crippen molar-refractivity contribution in [1.29, 1.82) is 0 Å². The summed E-state index contributed by atoms with van der Waals surface area (Å²) in [5, 5.41) is 0.219. The van der Waals surface area contributed by atoms with Crippen LogP contribution in [-0.2, 0) is 0 Å². The van der Waals surface area contributed by atoms with E-state index in [0.717, 1.165) is 36.2 Å². The monoisotopic (exact) mass is 308 g/mol. The number of thioether (sulfide) groups is 1. The summed E-state index contributed by atoms with van der Waals surface area (Å²) in [4.78, 5) is 16.5. The predicted molar refractivity (Wildman–Crippen MR) is 76.5 cm³/mol. The van der Waals surface area contributed by atoms with Crippen LogP contribution in [0.5, 0.6) is 0 Å². The fraction of sp³-hybridized carbons (Fsp3) is 0.333. The molecule has 0 bridgehead atoms. The molecular weight excluding hydrogens is 294 g/mol. The number of rotatable bonds is 5. The SMILES string of the molecule is C[C@H](Sc1nccn1C1CC1)C(=O)c1cc(F)ccc1F. The highest BCUT2D eigenvalue weighted by Crippen LogP contribution is 2.38. The number of hydrogen-bond acceptors (Lipinski definition) is 3. The van der Waals surface area contributed by atoms with E-state index in [-0.39, 0.29) is 5.56 Å². The number of aromatic nitrogens is 2. The van der Waals surface area contributed by atoms with E-state index >= 15 is 0 Å². The summed E-state index contributed by atoms with van der Waals surface area (Å²) in [6.07, 6.45) is 5.82. The van der Waals surface area contributed by atoms with Crippen molar-refractivity contribution in [3.05, 3.63) is 47.8 Å². The van der Waals surface area contributed by atoms with Gasteiger partial charge in [0.2, 0.25) is 0 Å². The molecule has 1 aromatic carbocycles. The van der Waals surface area contributed by atoms with Crippen LogP contribution in [0.25, 0.3) is 0 Å². The number of nitrogens with zero attached hydrogens (tertiary/aromatic N) is 2. The smallest absolute Gasteiger partial charge is 0.179 e. The van der Waals surface area contributed by atoms with Gasteiger partial charge in [-0.25, -0.2) is 13.8 Å². The Balaban J connectivity index is 1.78. The van der Waals surface area contributed by atoms with Crippen LogP contribution in [0.15, 0.2) is 35.7 Å². The molecule has 0 saturated heterocycles. The zero-order valence-corrected chi connectivity index (χ0v) is 12.2. The highest BCUT2D eigenvalue weighted by Gasteiger charge is 2.28. The highest BCUT2D eigenvalue weighted by atomic mass is 32.2. The number of Topliss-reactive ketones (excluding diaryl/α,β-unsaturated/α-hetero) is 1. The summed E-state index contributed by atoms with van der Waals surface area (Å²) >= 11 is 1.28. The lowest BCUT2D eigenvalue weighted by molar-refractivity contribution is 0.0989. The van der Waals surface area contributed by atoms with Gasteiger partial charge in [-0.15, -0.1) is 0 Å². The van der Waals surface area contributed by atoms with Crippen LogP contribution in [-0.4, -0.2) is 20.6 Å². The Morgan fingerprint density at radius 1 is 1.43 bits per heavy atom. The Hall–Kier alpha value is -1.69. The van der Waals surface area contributed by atoms with Crippen molar-refractivity contribution in [3.63, 3.8) is 0 Å². The third kappa shape index (κ3) is 3.00. The molecule has 2 aromatic rings. The number of benzene rings is 1. The third-order valence-electron chi connectivity index (χ3n) is 3.42. The summed E-state index contributed by atoms with van der Waals surface area (Å²) in [6.45, 7) is 1.68. The molecule has 1 heterocycles. The van der Waals surface area contributed by atoms with Gasteiger partial charge in [0.1, 0.15) is 11.6 Å². The van der Waals surface area contributed by atoms with Gasteiger partial charge in [0.15, 0.2) is 10.9 Å². The minimum absolute atomic E-state index is 0.209. The second kappa shape index (κ2) is 5.60. The first kappa shape index (κ1) is 14.3. The molecule has 1 atom stereocenters. The molecule has 3 nitrogen and oxygen atoms in total. The van der Waals surface area contributed by atoms with E-state index < -0.39 is 22.7 Å². The maximum Gasteiger partial charge on any atom is 0.179 e. The normalized spacial score (nSPS) is 16.0. The van der Waals surface area contributed by atoms with Gasteiger partial charge in [0.05, 0.1) is 10.8 Å². The van der Waals surface area contributed by atoms with Crippen LogP contribution in [0.3, 0.4) is 0 Å². The molecule has 1 aliphatic carbocycles. The van der Waals surface area contributed by atoms with Gasteiger partial charge in [-0.05, 0) is 38.0 Å². The van der Waals surface area contributed by atoms with E-state index in [1.807, 2.05) is 10.8 Å². The molecule has 1 aromatic heterocycles. The Morgan fingerprint density at radius 3 is 2.90 bits per heavy atom. The lowest BCUT2D eigenvalue weighted by Gasteiger charge is -2.12. The topological polar surface area (TPSA) is 34.9 Å². The standard InChI is InChI=1S/C15H14F2N2OS/c1-9(14(20)12-8-10(16)2-5-13(12)17)21-15-18-6-7-19(15)11-3-4-11/h2,5-9,11H,3-4H2,1H3/t9-/m0/s1. The Kier molecular flexibility index (Phi) is 3.80. The third-order valence-corrected chi connectivity index (χ3v) is 4.51. The molecule has 0 N–H and O–H groups in total. The Morgan fingerprint density at radius 2 is 2.19 bits per heavy atom. The maximum absolute atomic E-state index is 13.7. The van der Waals surface area contributed by atoms with Crippen LogP contribution in [0.1, 0.15) is 36.2 Å². The molecule has 0 aliphatic heterocycles. The van der Waals surface area contributed by atoms with E-state index in [0.29, 0.717) is 6.04 Å². The molecule has 1 aliphatic rings. The number of imidazole rings is 1. The van der Waals surface area contributed by atoms with Gasteiger partial charge < -0.3 is 4.57 Å². The van der Waals surface area contributed by atoms with E-state index in [1.165, 1.54) is 11.8 Å². The fourth-order valence-corrected chi connectivity index (χ4v) is 3.14. The van der Waals surface area contributed by atoms with Crippen LogP contribution in [0, 0.1) is 11.6 Å². The number of carbonyl (C=O) groups excluding carboxylic acids is 1. The number of hydrogen-bond donors (Lipinski definition) is 0. The molecule has 1 fully saturated rings. The second-order valence-electron chi connectivity index (χ2n) is 5.10. The van der Waals surface area contributed by atoms with E-state index in [2.05, 4.69) is 4.98 Å². The summed E-state index contributed by atoms with van der Waals surface area (Å²) in [5.74, 6) is -1.74. The quantitative estimate of drug-likeness (QED) is 0.621. The summed E-state index contributed by atoms with van der Waals surface area (Å²) in [5.41, 5.74) is -0.209. The molecular formula is C15H14F2N2OS. The van der Waals surface area contributed by atoms with Gasteiger partial charge >= 0.3 is 0 Å². The average molecular weight is 308 g/mol. The number of ketones is 1. The van der Waals surface area contributed by atoms with Crippen molar-refractivity contribution < 1.29 is 13.6 Å². The van der Waals surface area contributed by atoms with Crippen molar-refractivity contribution in [2.24, 2.45) is 0 Å². The Bertz CT molecular complexity index is 682. The van der Waals surface area contributed by atoms with Crippen molar-refractivity contribution in [2.45, 2.75) is 36.2 Å². The van der Waals surface area contributed by atoms with Crippen molar-refractivity contribution in [2.75, 3.05) is 0 Å². The van der Waals surface area contributed by atoms with E-state index in [4.69, 9.17) is 0 Å². The van der Waals surface area contributed by atoms with Crippen LogP contribution >= 0.6 is 11.8 Å². The molecule has 3 rings (SSSR count). The predicted octanol–water partition coefficient (Wildman–Crippen LogP) is 3.86. The summed E-state index contributed by atoms with van der Waals surface area (Å²) in [7, 11) is 0. The second-order valence-corrected chi connectivity index (χ2v) is 6.40. The molecule has 0 unspecified atom stereocenters. The van der Waals surface area contributed by atoms with Crippen molar-refractivity contribution >= 4 is 17.5 Å². The molecule has 21 heavy (non-hydrogen) atoms. The molecule has 6 heteroatoms. The first-order valence-electron chi connectivity index (χ1n) is 6.75. The van der Waals surface area contributed by atoms with Crippen LogP contribution in [0.4, 0.5) is 8.78 Å². The van der Waals surface area contributed by atoms with Crippen molar-refractivity contribution in [1.82, 2.24) is 9.55 Å². The molecule has 110 valence electrons. The van der Waals surface area contributed by atoms with Gasteiger partial charge in [0, 0.05) is 18.4 Å². The fourth-order valence-electron chi connectivity index (χ4n) is 2.14. The molecule has 0 amide bonds. The number of halogens is 2. The Labute approximate surface area is 125 Å². The van der Waals surface area contributed by atoms with Crippen LogP contribution in [0.2, 0.25) is 0 Å². The first-order chi connectivity index (χ1) is 10.1. The zero-order chi connectivity index (χ0) is 15.0. The van der Waals surface area contributed by atoms with E-state index in [9.17, 15) is 13.6 Å². The van der Waals surface area contributed by atoms with Gasteiger partial charge in [-0.1, -0.05) is 11.8 Å². The summed E-state index contributed by atoms with van der Waals surface area (Å²) < 4.78 is 28.9. The highest BCUT2D eigenvalue weighted by molar-refractivity contribution is 8.00. The maximum atomic E-state index is 13.7. The minimum Gasteiger partial charge on any atom is -0.323 e. The van der Waals surface area contributed by atoms with E-state index in [1.54, 1.807) is 13.1 Å². The average Bonchev–Trinajstić information content (AvgIpc) is 3.21. The molecule has 1 saturated carbocycles. The minimum atomic E-state index is -0.695. The molecule has 0 radical (unpaired) electrons. The van der Waals surface area contributed by atoms with Crippen LogP contribution < -0.4 is 0 Å². The van der Waals surface area contributed by atoms with Gasteiger partial charge in [0.25, 0.3) is 0 Å².